The van der Waals surface area contributed by atoms with Gasteiger partial charge in [0.15, 0.2) is 0 Å². The first kappa shape index (κ1) is 12.7. The van der Waals surface area contributed by atoms with Gasteiger partial charge in [-0.2, -0.15) is 5.26 Å². The van der Waals surface area contributed by atoms with Crippen LogP contribution >= 0.6 is 11.6 Å². The van der Waals surface area contributed by atoms with E-state index in [2.05, 4.69) is 11.4 Å². The molecular weight excluding hydrogens is 250 g/mol. The highest BCUT2D eigenvalue weighted by Crippen LogP contribution is 2.27. The van der Waals surface area contributed by atoms with E-state index in [-0.39, 0.29) is 6.03 Å². The summed E-state index contributed by atoms with van der Waals surface area (Å²) < 4.78 is 0. The van der Waals surface area contributed by atoms with Crippen LogP contribution in [0.4, 0.5) is 10.5 Å². The number of nitrogens with zero attached hydrogens (tertiary/aromatic N) is 2. The van der Waals surface area contributed by atoms with Crippen LogP contribution in [0.3, 0.4) is 0 Å². The van der Waals surface area contributed by atoms with E-state index in [0.29, 0.717) is 29.7 Å². The first-order valence-electron chi connectivity index (χ1n) is 5.91. The van der Waals surface area contributed by atoms with Gasteiger partial charge in [0.2, 0.25) is 0 Å². The molecule has 2 rings (SSSR count). The predicted octanol–water partition coefficient (Wildman–Crippen LogP) is 3.25. The normalized spacial score (nSPS) is 13.8. The third-order valence-corrected chi connectivity index (χ3v) is 3.06. The molecule has 18 heavy (non-hydrogen) atoms. The van der Waals surface area contributed by atoms with Crippen molar-refractivity contribution in [2.45, 2.75) is 25.3 Å². The molecule has 1 fully saturated rings. The lowest BCUT2D eigenvalue weighted by Crippen LogP contribution is -2.37. The summed E-state index contributed by atoms with van der Waals surface area (Å²) in [6.07, 6.45) is 2.42. The molecule has 0 heterocycles. The number of carbonyl (C=O) groups is 1. The van der Waals surface area contributed by atoms with E-state index >= 15 is 0 Å². The van der Waals surface area contributed by atoms with Crippen molar-refractivity contribution in [1.82, 2.24) is 4.90 Å². The molecule has 1 aromatic rings. The van der Waals surface area contributed by atoms with Gasteiger partial charge in [-0.15, -0.1) is 0 Å². The van der Waals surface area contributed by atoms with Crippen LogP contribution in [0.5, 0.6) is 0 Å². The van der Waals surface area contributed by atoms with E-state index in [1.165, 1.54) is 0 Å². The van der Waals surface area contributed by atoms with Crippen LogP contribution in [0.1, 0.15) is 19.3 Å². The van der Waals surface area contributed by atoms with Gasteiger partial charge in [-0.05, 0) is 37.1 Å². The fourth-order valence-corrected chi connectivity index (χ4v) is 1.86. The zero-order chi connectivity index (χ0) is 13.0. The minimum Gasteiger partial charge on any atom is -0.321 e. The van der Waals surface area contributed by atoms with Crippen molar-refractivity contribution in [3.05, 3.63) is 29.3 Å². The van der Waals surface area contributed by atoms with Crippen molar-refractivity contribution < 1.29 is 4.79 Å². The zero-order valence-corrected chi connectivity index (χ0v) is 10.7. The number of hydrogen-bond acceptors (Lipinski definition) is 2. The lowest BCUT2D eigenvalue weighted by molar-refractivity contribution is 0.210. The Labute approximate surface area is 111 Å². The van der Waals surface area contributed by atoms with E-state index in [0.717, 1.165) is 12.8 Å². The van der Waals surface area contributed by atoms with Crippen LogP contribution in [-0.4, -0.2) is 23.5 Å². The molecule has 0 saturated heterocycles. The van der Waals surface area contributed by atoms with E-state index < -0.39 is 0 Å². The molecule has 1 N–H and O–H groups in total. The SMILES string of the molecule is N#CCCN(C(=O)Nc1ccc(Cl)cc1)C1CC1. The molecule has 4 nitrogen and oxygen atoms in total. The Kier molecular flexibility index (Phi) is 4.06. The van der Waals surface area contributed by atoms with E-state index in [4.69, 9.17) is 16.9 Å². The molecule has 0 atom stereocenters. The topological polar surface area (TPSA) is 56.1 Å². The van der Waals surface area contributed by atoms with Crippen LogP contribution in [0.15, 0.2) is 24.3 Å². The van der Waals surface area contributed by atoms with Gasteiger partial charge in [0, 0.05) is 23.3 Å². The molecule has 94 valence electrons. The maximum Gasteiger partial charge on any atom is 0.322 e. The summed E-state index contributed by atoms with van der Waals surface area (Å²) in [5, 5.41) is 12.1. The maximum atomic E-state index is 12.1. The van der Waals surface area contributed by atoms with Crippen LogP contribution < -0.4 is 5.32 Å². The summed E-state index contributed by atoms with van der Waals surface area (Å²) in [4.78, 5) is 13.8. The maximum absolute atomic E-state index is 12.1. The van der Waals surface area contributed by atoms with E-state index in [1.807, 2.05) is 0 Å². The number of hydrogen-bond donors (Lipinski definition) is 1. The van der Waals surface area contributed by atoms with Gasteiger partial charge < -0.3 is 10.2 Å². The number of nitrogens with one attached hydrogen (secondary N) is 1. The third kappa shape index (κ3) is 3.38. The van der Waals surface area contributed by atoms with Crippen LogP contribution in [-0.2, 0) is 0 Å². The first-order chi connectivity index (χ1) is 8.70. The molecule has 0 aliphatic heterocycles. The van der Waals surface area contributed by atoms with Crippen LogP contribution in [0, 0.1) is 11.3 Å². The molecule has 1 aliphatic rings. The Hall–Kier alpha value is -1.73. The van der Waals surface area contributed by atoms with Crippen molar-refractivity contribution >= 4 is 23.3 Å². The average Bonchev–Trinajstić information content (AvgIpc) is 3.17. The Balaban J connectivity index is 1.96. The summed E-state index contributed by atoms with van der Waals surface area (Å²) in [7, 11) is 0. The number of urea groups is 1. The summed E-state index contributed by atoms with van der Waals surface area (Å²) in [6, 6.07) is 9.20. The van der Waals surface area contributed by atoms with Gasteiger partial charge in [0.05, 0.1) is 12.5 Å². The van der Waals surface area contributed by atoms with Crippen molar-refractivity contribution in [3.63, 3.8) is 0 Å². The molecule has 0 aromatic heterocycles. The second-order valence-electron chi connectivity index (χ2n) is 4.27. The van der Waals surface area contributed by atoms with E-state index in [1.54, 1.807) is 29.2 Å². The molecule has 0 radical (unpaired) electrons. The number of anilines is 1. The molecule has 1 aliphatic carbocycles. The molecule has 5 heteroatoms. The summed E-state index contributed by atoms with van der Waals surface area (Å²) in [5.74, 6) is 0. The molecular formula is C13H14ClN3O. The third-order valence-electron chi connectivity index (χ3n) is 2.81. The fourth-order valence-electron chi connectivity index (χ4n) is 1.74. The van der Waals surface area contributed by atoms with E-state index in [9.17, 15) is 4.79 Å². The van der Waals surface area contributed by atoms with Crippen molar-refractivity contribution in [1.29, 1.82) is 5.26 Å². The highest BCUT2D eigenvalue weighted by molar-refractivity contribution is 6.30. The van der Waals surface area contributed by atoms with Gasteiger partial charge in [-0.1, -0.05) is 11.6 Å². The molecule has 0 bridgehead atoms. The fraction of sp³-hybridized carbons (Fsp3) is 0.385. The molecule has 1 saturated carbocycles. The Morgan fingerprint density at radius 3 is 2.67 bits per heavy atom. The zero-order valence-electron chi connectivity index (χ0n) is 9.90. The van der Waals surface area contributed by atoms with Gasteiger partial charge in [-0.3, -0.25) is 0 Å². The second-order valence-corrected chi connectivity index (χ2v) is 4.71. The Morgan fingerprint density at radius 2 is 2.11 bits per heavy atom. The molecule has 0 spiro atoms. The summed E-state index contributed by atoms with van der Waals surface area (Å²) >= 11 is 5.78. The van der Waals surface area contributed by atoms with Crippen LogP contribution in [0.2, 0.25) is 5.02 Å². The monoisotopic (exact) mass is 263 g/mol. The summed E-state index contributed by atoms with van der Waals surface area (Å²) in [5.41, 5.74) is 0.715. The average molecular weight is 264 g/mol. The number of benzene rings is 1. The number of halogens is 1. The lowest BCUT2D eigenvalue weighted by atomic mass is 10.3. The smallest absolute Gasteiger partial charge is 0.321 e. The van der Waals surface area contributed by atoms with Gasteiger partial charge in [-0.25, -0.2) is 4.79 Å². The van der Waals surface area contributed by atoms with Crippen molar-refractivity contribution in [2.24, 2.45) is 0 Å². The van der Waals surface area contributed by atoms with Gasteiger partial charge >= 0.3 is 6.03 Å². The van der Waals surface area contributed by atoms with Crippen LogP contribution in [0.25, 0.3) is 0 Å². The number of carbonyl (C=O) groups excluding carboxylic acids is 1. The molecule has 2 amide bonds. The standard InChI is InChI=1S/C13H14ClN3O/c14-10-2-4-11(5-3-10)16-13(18)17(9-1-8-15)12-6-7-12/h2-5,12H,1,6-7,9H2,(H,16,18). The predicted molar refractivity (Wildman–Crippen MR) is 70.4 cm³/mol. The lowest BCUT2D eigenvalue weighted by Gasteiger charge is -2.21. The highest BCUT2D eigenvalue weighted by Gasteiger charge is 2.32. The highest BCUT2D eigenvalue weighted by atomic mass is 35.5. The minimum absolute atomic E-state index is 0.143. The van der Waals surface area contributed by atoms with Crippen molar-refractivity contribution in [2.75, 3.05) is 11.9 Å². The molecule has 1 aromatic carbocycles. The first-order valence-corrected chi connectivity index (χ1v) is 6.28. The minimum atomic E-state index is -0.143. The summed E-state index contributed by atoms with van der Waals surface area (Å²) in [6.45, 7) is 0.487. The van der Waals surface area contributed by atoms with Crippen molar-refractivity contribution in [3.8, 4) is 6.07 Å². The number of amides is 2. The molecule has 0 unspecified atom stereocenters. The Bertz CT molecular complexity index is 462. The largest absolute Gasteiger partial charge is 0.322 e. The number of rotatable bonds is 4. The quantitative estimate of drug-likeness (QED) is 0.907. The van der Waals surface area contributed by atoms with Gasteiger partial charge in [0.25, 0.3) is 0 Å². The second kappa shape index (κ2) is 5.74. The Morgan fingerprint density at radius 1 is 1.44 bits per heavy atom. The van der Waals surface area contributed by atoms with Gasteiger partial charge in [0.1, 0.15) is 0 Å². The number of nitriles is 1.